The van der Waals surface area contributed by atoms with Crippen LogP contribution >= 0.6 is 15.9 Å². The zero-order valence-electron chi connectivity index (χ0n) is 9.39. The maximum atomic E-state index is 12.0. The van der Waals surface area contributed by atoms with Crippen molar-refractivity contribution < 1.29 is 4.42 Å². The molecular formula is C15H9BrO2. The van der Waals surface area contributed by atoms with E-state index in [9.17, 15) is 4.79 Å². The molecule has 0 amide bonds. The number of hydrogen-bond donors (Lipinski definition) is 0. The lowest BCUT2D eigenvalue weighted by Crippen LogP contribution is -2.02. The first-order valence-electron chi connectivity index (χ1n) is 5.53. The third-order valence-electron chi connectivity index (χ3n) is 2.78. The summed E-state index contributed by atoms with van der Waals surface area (Å²) in [6, 6.07) is 17.0. The van der Waals surface area contributed by atoms with Gasteiger partial charge in [0.25, 0.3) is 0 Å². The van der Waals surface area contributed by atoms with Gasteiger partial charge in [-0.15, -0.1) is 0 Å². The predicted octanol–water partition coefficient (Wildman–Crippen LogP) is 4.22. The van der Waals surface area contributed by atoms with Gasteiger partial charge in [-0.05, 0) is 23.8 Å². The van der Waals surface area contributed by atoms with Crippen molar-refractivity contribution in [1.29, 1.82) is 0 Å². The quantitative estimate of drug-likeness (QED) is 0.630. The van der Waals surface area contributed by atoms with Crippen LogP contribution in [-0.4, -0.2) is 0 Å². The monoisotopic (exact) mass is 300 g/mol. The Hall–Kier alpha value is -1.87. The van der Waals surface area contributed by atoms with E-state index in [2.05, 4.69) is 15.9 Å². The average molecular weight is 301 g/mol. The molecule has 0 aliphatic carbocycles. The summed E-state index contributed by atoms with van der Waals surface area (Å²) in [6.45, 7) is 0. The van der Waals surface area contributed by atoms with Gasteiger partial charge in [0.2, 0.25) is 0 Å². The molecule has 1 aromatic heterocycles. The van der Waals surface area contributed by atoms with Gasteiger partial charge >= 0.3 is 5.63 Å². The molecule has 0 atom stereocenters. The van der Waals surface area contributed by atoms with Crippen LogP contribution in [0.1, 0.15) is 0 Å². The minimum Gasteiger partial charge on any atom is -0.422 e. The lowest BCUT2D eigenvalue weighted by Gasteiger charge is -2.02. The number of halogens is 1. The molecule has 3 rings (SSSR count). The number of rotatable bonds is 1. The summed E-state index contributed by atoms with van der Waals surface area (Å²) in [6.07, 6.45) is 0. The molecule has 0 fully saturated rings. The Kier molecular flexibility index (Phi) is 2.76. The Morgan fingerprint density at radius 3 is 2.50 bits per heavy atom. The highest BCUT2D eigenvalue weighted by molar-refractivity contribution is 9.10. The summed E-state index contributed by atoms with van der Waals surface area (Å²) in [5.41, 5.74) is 1.74. The van der Waals surface area contributed by atoms with Crippen molar-refractivity contribution >= 4 is 26.9 Å². The first-order chi connectivity index (χ1) is 8.74. The minimum atomic E-state index is -0.313. The third-order valence-corrected chi connectivity index (χ3v) is 3.28. The second-order valence-electron chi connectivity index (χ2n) is 4.00. The molecule has 0 aliphatic heterocycles. The maximum absolute atomic E-state index is 12.0. The van der Waals surface area contributed by atoms with E-state index < -0.39 is 0 Å². The van der Waals surface area contributed by atoms with E-state index in [4.69, 9.17) is 4.42 Å². The van der Waals surface area contributed by atoms with E-state index in [1.165, 1.54) is 0 Å². The fraction of sp³-hybridized carbons (Fsp3) is 0. The molecule has 0 saturated heterocycles. The molecule has 3 aromatic rings. The van der Waals surface area contributed by atoms with E-state index >= 15 is 0 Å². The predicted molar refractivity (Wildman–Crippen MR) is 75.6 cm³/mol. The molecule has 0 aliphatic rings. The van der Waals surface area contributed by atoms with E-state index in [0.29, 0.717) is 11.1 Å². The first kappa shape index (κ1) is 11.2. The molecule has 0 bridgehead atoms. The number of fused-ring (bicyclic) bond motifs is 1. The maximum Gasteiger partial charge on any atom is 0.344 e. The molecule has 0 unspecified atom stereocenters. The molecule has 18 heavy (non-hydrogen) atoms. The number of benzene rings is 2. The highest BCUT2D eigenvalue weighted by Crippen LogP contribution is 2.23. The van der Waals surface area contributed by atoms with Crippen LogP contribution in [0.3, 0.4) is 0 Å². The van der Waals surface area contributed by atoms with Gasteiger partial charge in [-0.25, -0.2) is 4.79 Å². The third kappa shape index (κ3) is 1.97. The van der Waals surface area contributed by atoms with Gasteiger partial charge in [-0.3, -0.25) is 0 Å². The lowest BCUT2D eigenvalue weighted by molar-refractivity contribution is 0.563. The highest BCUT2D eigenvalue weighted by Gasteiger charge is 2.07. The van der Waals surface area contributed by atoms with Gasteiger partial charge in [-0.2, -0.15) is 0 Å². The van der Waals surface area contributed by atoms with Gasteiger partial charge in [0.15, 0.2) is 0 Å². The molecule has 0 saturated carbocycles. The van der Waals surface area contributed by atoms with Crippen molar-refractivity contribution in [2.45, 2.75) is 0 Å². The first-order valence-corrected chi connectivity index (χ1v) is 6.32. The molecule has 3 heteroatoms. The van der Waals surface area contributed by atoms with E-state index in [-0.39, 0.29) is 5.63 Å². The zero-order chi connectivity index (χ0) is 12.5. The summed E-state index contributed by atoms with van der Waals surface area (Å²) in [5.74, 6) is 0. The van der Waals surface area contributed by atoms with Crippen molar-refractivity contribution in [1.82, 2.24) is 0 Å². The van der Waals surface area contributed by atoms with Crippen LogP contribution in [0.25, 0.3) is 22.1 Å². The van der Waals surface area contributed by atoms with Crippen LogP contribution in [0.5, 0.6) is 0 Å². The lowest BCUT2D eigenvalue weighted by atomic mass is 10.1. The fourth-order valence-corrected chi connectivity index (χ4v) is 2.24. The van der Waals surface area contributed by atoms with Gasteiger partial charge in [0, 0.05) is 9.86 Å². The van der Waals surface area contributed by atoms with Crippen LogP contribution in [0.2, 0.25) is 0 Å². The van der Waals surface area contributed by atoms with Crippen LogP contribution in [-0.2, 0) is 0 Å². The van der Waals surface area contributed by atoms with Gasteiger partial charge < -0.3 is 4.42 Å². The van der Waals surface area contributed by atoms with Gasteiger partial charge in [0.1, 0.15) is 5.58 Å². The van der Waals surface area contributed by atoms with Crippen LogP contribution in [0, 0.1) is 0 Å². The largest absolute Gasteiger partial charge is 0.422 e. The molecule has 0 N–H and O–H groups in total. The van der Waals surface area contributed by atoms with Crippen molar-refractivity contribution in [2.24, 2.45) is 0 Å². The van der Waals surface area contributed by atoms with E-state index in [1.807, 2.05) is 48.5 Å². The molecule has 0 radical (unpaired) electrons. The van der Waals surface area contributed by atoms with Gasteiger partial charge in [-0.1, -0.05) is 52.3 Å². The number of hydrogen-bond acceptors (Lipinski definition) is 2. The summed E-state index contributed by atoms with van der Waals surface area (Å²) < 4.78 is 6.24. The zero-order valence-corrected chi connectivity index (χ0v) is 11.0. The van der Waals surface area contributed by atoms with Crippen LogP contribution in [0.4, 0.5) is 0 Å². The molecular weight excluding hydrogens is 292 g/mol. The standard InChI is InChI=1S/C15H9BrO2/c16-12-7-6-11-8-13(10-4-2-1-3-5-10)15(17)18-14(11)9-12/h1-9H. The minimum absolute atomic E-state index is 0.313. The van der Waals surface area contributed by atoms with Crippen LogP contribution in [0.15, 0.2) is 68.3 Å². The normalized spacial score (nSPS) is 10.7. The Bertz CT molecular complexity index is 760. The van der Waals surface area contributed by atoms with Crippen molar-refractivity contribution in [3.63, 3.8) is 0 Å². The smallest absolute Gasteiger partial charge is 0.344 e. The summed E-state index contributed by atoms with van der Waals surface area (Å²) >= 11 is 3.36. The van der Waals surface area contributed by atoms with Crippen molar-refractivity contribution in [3.8, 4) is 11.1 Å². The molecule has 2 nitrogen and oxygen atoms in total. The van der Waals surface area contributed by atoms with Gasteiger partial charge in [0.05, 0.1) is 5.56 Å². The summed E-state index contributed by atoms with van der Waals surface area (Å²) in [7, 11) is 0. The summed E-state index contributed by atoms with van der Waals surface area (Å²) in [5, 5.41) is 0.914. The fourth-order valence-electron chi connectivity index (χ4n) is 1.90. The Morgan fingerprint density at radius 1 is 0.944 bits per heavy atom. The molecule has 2 aromatic carbocycles. The topological polar surface area (TPSA) is 30.2 Å². The Labute approximate surface area is 112 Å². The second-order valence-corrected chi connectivity index (χ2v) is 4.91. The molecule has 88 valence electrons. The molecule has 1 heterocycles. The second kappa shape index (κ2) is 4.42. The van der Waals surface area contributed by atoms with Crippen LogP contribution < -0.4 is 5.63 Å². The van der Waals surface area contributed by atoms with Crippen molar-refractivity contribution in [2.75, 3.05) is 0 Å². The van der Waals surface area contributed by atoms with Crippen molar-refractivity contribution in [3.05, 3.63) is 69.5 Å². The average Bonchev–Trinajstić information content (AvgIpc) is 2.39. The Morgan fingerprint density at radius 2 is 1.72 bits per heavy atom. The van der Waals surface area contributed by atoms with E-state index in [0.717, 1.165) is 15.4 Å². The van der Waals surface area contributed by atoms with E-state index in [1.54, 1.807) is 6.07 Å². The molecule has 0 spiro atoms. The summed E-state index contributed by atoms with van der Waals surface area (Å²) in [4.78, 5) is 12.0. The SMILES string of the molecule is O=c1oc2cc(Br)ccc2cc1-c1ccccc1. The highest BCUT2D eigenvalue weighted by atomic mass is 79.9. The Balaban J connectivity index is 2.29.